The first-order valence-electron chi connectivity index (χ1n) is 7.00. The lowest BCUT2D eigenvalue weighted by Gasteiger charge is -2.15. The summed E-state index contributed by atoms with van der Waals surface area (Å²) in [5.41, 5.74) is 0. The van der Waals surface area contributed by atoms with Gasteiger partial charge in [-0.3, -0.25) is 9.59 Å². The largest absolute Gasteiger partial charge is 0.481 e. The molecule has 0 bridgehead atoms. The summed E-state index contributed by atoms with van der Waals surface area (Å²) in [7, 11) is 0. The number of rotatable bonds is 6. The molecule has 2 rings (SSSR count). The van der Waals surface area contributed by atoms with Crippen LogP contribution in [0, 0.1) is 17.8 Å². The highest BCUT2D eigenvalue weighted by Crippen LogP contribution is 2.38. The molecule has 0 aliphatic heterocycles. The summed E-state index contributed by atoms with van der Waals surface area (Å²) in [5.74, 6) is -1.52. The van der Waals surface area contributed by atoms with Gasteiger partial charge < -0.3 is 10.4 Å². The number of nitrogens with one attached hydrogen (secondary N) is 1. The number of thiazole rings is 1. The number of hydrogen-bond acceptors (Lipinski definition) is 4. The average molecular weight is 296 g/mol. The monoisotopic (exact) mass is 296 g/mol. The standard InChI is InChI=1S/C14H20N2O3S/c1-2-9-7-10(11(8-9)14(18)19)13(17)16-4-3-12-15-5-6-20-12/h5-6,9-11H,2-4,7-8H2,1H3,(H,16,17)(H,18,19)/t9?,10-,11+/m0/s1. The van der Waals surface area contributed by atoms with Crippen molar-refractivity contribution in [3.63, 3.8) is 0 Å². The van der Waals surface area contributed by atoms with Gasteiger partial charge in [0.1, 0.15) is 0 Å². The van der Waals surface area contributed by atoms with Crippen molar-refractivity contribution in [1.82, 2.24) is 10.3 Å². The number of carbonyl (C=O) groups excluding carboxylic acids is 1. The molecule has 1 aliphatic carbocycles. The number of carboxylic acids is 1. The zero-order valence-electron chi connectivity index (χ0n) is 11.5. The van der Waals surface area contributed by atoms with E-state index >= 15 is 0 Å². The van der Waals surface area contributed by atoms with Gasteiger partial charge in [0, 0.05) is 24.5 Å². The van der Waals surface area contributed by atoms with Gasteiger partial charge in [0.15, 0.2) is 0 Å². The van der Waals surface area contributed by atoms with Crippen molar-refractivity contribution >= 4 is 23.2 Å². The van der Waals surface area contributed by atoms with Crippen LogP contribution in [0.5, 0.6) is 0 Å². The SMILES string of the molecule is CCC1C[C@H](C(=O)NCCc2nccs2)[C@H](C(=O)O)C1. The number of amides is 1. The van der Waals surface area contributed by atoms with Crippen LogP contribution in [0.15, 0.2) is 11.6 Å². The van der Waals surface area contributed by atoms with E-state index in [4.69, 9.17) is 0 Å². The summed E-state index contributed by atoms with van der Waals surface area (Å²) in [6, 6.07) is 0. The molecule has 1 heterocycles. The second-order valence-corrected chi connectivity index (χ2v) is 6.24. The van der Waals surface area contributed by atoms with Gasteiger partial charge in [0.2, 0.25) is 5.91 Å². The smallest absolute Gasteiger partial charge is 0.307 e. The first-order chi connectivity index (χ1) is 9.61. The van der Waals surface area contributed by atoms with E-state index in [9.17, 15) is 14.7 Å². The molecular weight excluding hydrogens is 276 g/mol. The van der Waals surface area contributed by atoms with E-state index in [1.54, 1.807) is 17.5 Å². The average Bonchev–Trinajstić information content (AvgIpc) is 3.07. The van der Waals surface area contributed by atoms with Crippen LogP contribution in [-0.4, -0.2) is 28.5 Å². The molecule has 1 unspecified atom stereocenters. The van der Waals surface area contributed by atoms with Crippen molar-refractivity contribution in [2.75, 3.05) is 6.54 Å². The zero-order chi connectivity index (χ0) is 14.5. The van der Waals surface area contributed by atoms with Crippen molar-refractivity contribution in [1.29, 1.82) is 0 Å². The number of carbonyl (C=O) groups is 2. The van der Waals surface area contributed by atoms with Crippen LogP contribution in [0.2, 0.25) is 0 Å². The van der Waals surface area contributed by atoms with E-state index in [-0.39, 0.29) is 11.8 Å². The molecule has 6 heteroatoms. The minimum Gasteiger partial charge on any atom is -0.481 e. The molecule has 1 amide bonds. The van der Waals surface area contributed by atoms with E-state index in [1.165, 1.54) is 0 Å². The highest BCUT2D eigenvalue weighted by atomic mass is 32.1. The van der Waals surface area contributed by atoms with Crippen LogP contribution >= 0.6 is 11.3 Å². The van der Waals surface area contributed by atoms with Gasteiger partial charge in [0.25, 0.3) is 0 Å². The summed E-state index contributed by atoms with van der Waals surface area (Å²) < 4.78 is 0. The van der Waals surface area contributed by atoms with Crippen molar-refractivity contribution in [2.45, 2.75) is 32.6 Å². The Labute approximate surface area is 122 Å². The van der Waals surface area contributed by atoms with Crippen molar-refractivity contribution < 1.29 is 14.7 Å². The number of aromatic nitrogens is 1. The Morgan fingerprint density at radius 2 is 2.20 bits per heavy atom. The molecule has 0 aromatic carbocycles. The molecule has 5 nitrogen and oxygen atoms in total. The Balaban J connectivity index is 1.85. The van der Waals surface area contributed by atoms with Gasteiger partial charge in [-0.15, -0.1) is 11.3 Å². The maximum atomic E-state index is 12.2. The fourth-order valence-corrected chi connectivity index (χ4v) is 3.46. The predicted octanol–water partition coefficient (Wildman–Crippen LogP) is 1.94. The van der Waals surface area contributed by atoms with E-state index < -0.39 is 11.9 Å². The van der Waals surface area contributed by atoms with Gasteiger partial charge in [-0.25, -0.2) is 4.98 Å². The molecule has 1 saturated carbocycles. The van der Waals surface area contributed by atoms with E-state index in [0.717, 1.165) is 11.4 Å². The number of nitrogens with zero attached hydrogens (tertiary/aromatic N) is 1. The summed E-state index contributed by atoms with van der Waals surface area (Å²) in [4.78, 5) is 27.6. The topological polar surface area (TPSA) is 79.3 Å². The lowest BCUT2D eigenvalue weighted by Crippen LogP contribution is -2.36. The molecule has 1 aromatic rings. The quantitative estimate of drug-likeness (QED) is 0.841. The van der Waals surface area contributed by atoms with Crippen molar-refractivity contribution in [3.8, 4) is 0 Å². The molecule has 1 aliphatic rings. The van der Waals surface area contributed by atoms with Crippen LogP contribution in [0.25, 0.3) is 0 Å². The third-order valence-corrected chi connectivity index (χ3v) is 4.85. The molecule has 1 fully saturated rings. The molecule has 2 N–H and O–H groups in total. The third kappa shape index (κ3) is 3.56. The van der Waals surface area contributed by atoms with Crippen LogP contribution < -0.4 is 5.32 Å². The first-order valence-corrected chi connectivity index (χ1v) is 7.88. The Kier molecular flexibility index (Phi) is 5.11. The highest BCUT2D eigenvalue weighted by molar-refractivity contribution is 7.09. The van der Waals surface area contributed by atoms with Crippen LogP contribution in [0.4, 0.5) is 0 Å². The van der Waals surface area contributed by atoms with Gasteiger partial charge in [0.05, 0.1) is 16.8 Å². The lowest BCUT2D eigenvalue weighted by molar-refractivity contribution is -0.146. The minimum absolute atomic E-state index is 0.120. The Morgan fingerprint density at radius 3 is 2.80 bits per heavy atom. The van der Waals surface area contributed by atoms with Crippen molar-refractivity contribution in [3.05, 3.63) is 16.6 Å². The highest BCUT2D eigenvalue weighted by Gasteiger charge is 2.41. The lowest BCUT2D eigenvalue weighted by atomic mass is 9.95. The summed E-state index contributed by atoms with van der Waals surface area (Å²) in [6.07, 6.45) is 4.69. The van der Waals surface area contributed by atoms with Crippen LogP contribution in [0.3, 0.4) is 0 Å². The summed E-state index contributed by atoms with van der Waals surface area (Å²) in [6.45, 7) is 2.57. The molecule has 3 atom stereocenters. The molecular formula is C14H20N2O3S. The van der Waals surface area contributed by atoms with Crippen LogP contribution in [0.1, 0.15) is 31.2 Å². The van der Waals surface area contributed by atoms with Gasteiger partial charge in [-0.1, -0.05) is 13.3 Å². The summed E-state index contributed by atoms with van der Waals surface area (Å²) in [5, 5.41) is 15.0. The maximum absolute atomic E-state index is 12.2. The molecule has 0 radical (unpaired) electrons. The fraction of sp³-hybridized carbons (Fsp3) is 0.643. The van der Waals surface area contributed by atoms with E-state index in [0.29, 0.717) is 31.7 Å². The first kappa shape index (κ1) is 15.0. The van der Waals surface area contributed by atoms with E-state index in [1.807, 2.05) is 12.3 Å². The maximum Gasteiger partial charge on any atom is 0.307 e. The van der Waals surface area contributed by atoms with Gasteiger partial charge in [-0.05, 0) is 18.8 Å². The molecule has 20 heavy (non-hydrogen) atoms. The normalized spacial score (nSPS) is 25.6. The zero-order valence-corrected chi connectivity index (χ0v) is 12.4. The number of hydrogen-bond donors (Lipinski definition) is 2. The second-order valence-electron chi connectivity index (χ2n) is 5.26. The minimum atomic E-state index is -0.846. The predicted molar refractivity (Wildman–Crippen MR) is 76.5 cm³/mol. The Bertz CT molecular complexity index is 461. The summed E-state index contributed by atoms with van der Waals surface area (Å²) >= 11 is 1.56. The Morgan fingerprint density at radius 1 is 1.45 bits per heavy atom. The Hall–Kier alpha value is -1.43. The van der Waals surface area contributed by atoms with E-state index in [2.05, 4.69) is 10.3 Å². The fourth-order valence-electron chi connectivity index (χ4n) is 2.84. The van der Waals surface area contributed by atoms with Crippen LogP contribution in [-0.2, 0) is 16.0 Å². The second kappa shape index (κ2) is 6.83. The number of aliphatic carboxylic acids is 1. The van der Waals surface area contributed by atoms with Gasteiger partial charge >= 0.3 is 5.97 Å². The third-order valence-electron chi connectivity index (χ3n) is 4.01. The molecule has 1 aromatic heterocycles. The van der Waals surface area contributed by atoms with Gasteiger partial charge in [-0.2, -0.15) is 0 Å². The van der Waals surface area contributed by atoms with Crippen molar-refractivity contribution in [2.24, 2.45) is 17.8 Å². The molecule has 110 valence electrons. The number of carboxylic acid groups (broad SMARTS) is 1. The molecule has 0 spiro atoms. The molecule has 0 saturated heterocycles.